The van der Waals surface area contributed by atoms with Crippen LogP contribution in [0.4, 0.5) is 5.69 Å². The van der Waals surface area contributed by atoms with Gasteiger partial charge >= 0.3 is 0 Å². The number of hydrogen-bond acceptors (Lipinski definition) is 2. The minimum Gasteiger partial charge on any atom is -0.360 e. The highest BCUT2D eigenvalue weighted by Gasteiger charge is 2.15. The number of carbonyl (C=O) groups excluding carboxylic acids is 1. The van der Waals surface area contributed by atoms with Gasteiger partial charge in [-0.15, -0.1) is 0 Å². The van der Waals surface area contributed by atoms with Crippen molar-refractivity contribution in [2.24, 2.45) is 0 Å². The summed E-state index contributed by atoms with van der Waals surface area (Å²) in [5, 5.41) is 3.38. The second kappa shape index (κ2) is 5.72. The van der Waals surface area contributed by atoms with Crippen LogP contribution in [0.5, 0.6) is 0 Å². The van der Waals surface area contributed by atoms with Crippen molar-refractivity contribution in [2.45, 2.75) is 20.8 Å². The summed E-state index contributed by atoms with van der Waals surface area (Å²) >= 11 is 0. The molecule has 0 aliphatic rings. The number of pyridine rings is 1. The Hall–Kier alpha value is -2.88. The van der Waals surface area contributed by atoms with Crippen LogP contribution in [0.25, 0.3) is 10.9 Å². The second-order valence-corrected chi connectivity index (χ2v) is 5.80. The van der Waals surface area contributed by atoms with E-state index < -0.39 is 5.91 Å². The molecular weight excluding hydrogens is 288 g/mol. The van der Waals surface area contributed by atoms with Gasteiger partial charge in [-0.3, -0.25) is 9.59 Å². The zero-order chi connectivity index (χ0) is 16.6. The third-order valence-electron chi connectivity index (χ3n) is 3.95. The number of para-hydroxylation sites is 1. The molecule has 0 aliphatic heterocycles. The molecule has 0 fully saturated rings. The van der Waals surface area contributed by atoms with Crippen LogP contribution >= 0.6 is 0 Å². The van der Waals surface area contributed by atoms with E-state index in [4.69, 9.17) is 0 Å². The average molecular weight is 306 g/mol. The van der Waals surface area contributed by atoms with Crippen LogP contribution in [0.3, 0.4) is 0 Å². The first-order chi connectivity index (χ1) is 11.0. The predicted molar refractivity (Wildman–Crippen MR) is 93.2 cm³/mol. The molecule has 0 unspecified atom stereocenters. The molecule has 116 valence electrons. The summed E-state index contributed by atoms with van der Waals surface area (Å²) < 4.78 is 0. The van der Waals surface area contributed by atoms with Crippen molar-refractivity contribution in [3.05, 3.63) is 75.1 Å². The number of aromatic amines is 1. The van der Waals surface area contributed by atoms with E-state index in [0.717, 1.165) is 27.9 Å². The maximum absolute atomic E-state index is 12.5. The fourth-order valence-electron chi connectivity index (χ4n) is 2.89. The van der Waals surface area contributed by atoms with Gasteiger partial charge in [0.1, 0.15) is 5.56 Å². The summed E-state index contributed by atoms with van der Waals surface area (Å²) in [5.74, 6) is -0.396. The Balaban J connectivity index is 2.02. The number of carbonyl (C=O) groups is 1. The fraction of sp³-hybridized carbons (Fsp3) is 0.158. The zero-order valence-corrected chi connectivity index (χ0v) is 13.4. The van der Waals surface area contributed by atoms with E-state index in [2.05, 4.69) is 10.3 Å². The predicted octanol–water partition coefficient (Wildman–Crippen LogP) is 3.71. The third kappa shape index (κ3) is 2.75. The topological polar surface area (TPSA) is 62.0 Å². The Kier molecular flexibility index (Phi) is 3.74. The lowest BCUT2D eigenvalue weighted by Gasteiger charge is -2.13. The molecule has 0 saturated carbocycles. The van der Waals surface area contributed by atoms with E-state index in [1.165, 1.54) is 6.20 Å². The minimum absolute atomic E-state index is 0.114. The Morgan fingerprint density at radius 3 is 2.39 bits per heavy atom. The molecule has 4 nitrogen and oxygen atoms in total. The smallest absolute Gasteiger partial charge is 0.261 e. The number of benzene rings is 2. The van der Waals surface area contributed by atoms with Gasteiger partial charge in [-0.05, 0) is 44.0 Å². The van der Waals surface area contributed by atoms with Gasteiger partial charge in [0, 0.05) is 22.8 Å². The van der Waals surface area contributed by atoms with E-state index in [1.807, 2.05) is 45.0 Å². The molecule has 1 aromatic heterocycles. The van der Waals surface area contributed by atoms with Gasteiger partial charge in [0.15, 0.2) is 0 Å². The molecule has 0 bridgehead atoms. The van der Waals surface area contributed by atoms with Crippen LogP contribution in [-0.4, -0.2) is 10.9 Å². The Labute approximate surface area is 134 Å². The summed E-state index contributed by atoms with van der Waals surface area (Å²) in [6.07, 6.45) is 1.47. The van der Waals surface area contributed by atoms with Crippen molar-refractivity contribution in [1.82, 2.24) is 4.98 Å². The molecule has 0 spiro atoms. The van der Waals surface area contributed by atoms with Crippen molar-refractivity contribution in [3.8, 4) is 0 Å². The maximum Gasteiger partial charge on any atom is 0.261 e. The number of aromatic nitrogens is 1. The number of anilines is 1. The van der Waals surface area contributed by atoms with E-state index in [0.29, 0.717) is 5.39 Å². The molecule has 1 amide bonds. The van der Waals surface area contributed by atoms with Gasteiger partial charge in [-0.25, -0.2) is 0 Å². The lowest BCUT2D eigenvalue weighted by atomic mass is 10.0. The Morgan fingerprint density at radius 2 is 1.70 bits per heavy atom. The van der Waals surface area contributed by atoms with E-state index >= 15 is 0 Å². The quantitative estimate of drug-likeness (QED) is 0.758. The van der Waals surface area contributed by atoms with Crippen LogP contribution in [0.15, 0.2) is 47.4 Å². The number of fused-ring (bicyclic) bond motifs is 1. The molecule has 0 saturated heterocycles. The van der Waals surface area contributed by atoms with Gasteiger partial charge < -0.3 is 10.3 Å². The van der Waals surface area contributed by atoms with E-state index in [1.54, 1.807) is 12.1 Å². The maximum atomic E-state index is 12.5. The molecule has 3 rings (SSSR count). The molecule has 23 heavy (non-hydrogen) atoms. The number of aryl methyl sites for hydroxylation is 3. The standard InChI is InChI=1S/C19H18N2O2/c1-11-8-12(2)17(13(3)9-11)21-19(23)15-10-20-16-7-5-4-6-14(16)18(15)22/h4-10H,1-3H3,(H,20,22)(H,21,23). The number of H-pyrrole nitrogens is 1. The molecule has 2 aromatic carbocycles. The van der Waals surface area contributed by atoms with Crippen molar-refractivity contribution in [3.63, 3.8) is 0 Å². The van der Waals surface area contributed by atoms with Gasteiger partial charge in [-0.2, -0.15) is 0 Å². The molecule has 0 radical (unpaired) electrons. The summed E-state index contributed by atoms with van der Waals surface area (Å²) in [5.41, 5.74) is 4.43. The second-order valence-electron chi connectivity index (χ2n) is 5.80. The first-order valence-corrected chi connectivity index (χ1v) is 7.47. The molecular formula is C19H18N2O2. The number of amides is 1. The van der Waals surface area contributed by atoms with Crippen LogP contribution in [0, 0.1) is 20.8 Å². The zero-order valence-electron chi connectivity index (χ0n) is 13.4. The molecule has 1 heterocycles. The third-order valence-corrected chi connectivity index (χ3v) is 3.95. The number of nitrogens with one attached hydrogen (secondary N) is 2. The molecule has 4 heteroatoms. The Morgan fingerprint density at radius 1 is 1.04 bits per heavy atom. The van der Waals surface area contributed by atoms with E-state index in [9.17, 15) is 9.59 Å². The average Bonchev–Trinajstić information content (AvgIpc) is 2.51. The molecule has 0 atom stereocenters. The van der Waals surface area contributed by atoms with E-state index in [-0.39, 0.29) is 11.0 Å². The SMILES string of the molecule is Cc1cc(C)c(NC(=O)c2c[nH]c3ccccc3c2=O)c(C)c1. The fourth-order valence-corrected chi connectivity index (χ4v) is 2.89. The van der Waals surface area contributed by atoms with Gasteiger partial charge in [-0.1, -0.05) is 29.8 Å². The monoisotopic (exact) mass is 306 g/mol. The van der Waals surface area contributed by atoms with Crippen LogP contribution in [0.1, 0.15) is 27.0 Å². The summed E-state index contributed by atoms with van der Waals surface area (Å²) in [4.78, 5) is 28.0. The molecule has 3 aromatic rings. The lowest BCUT2D eigenvalue weighted by Crippen LogP contribution is -2.22. The van der Waals surface area contributed by atoms with Crippen LogP contribution in [-0.2, 0) is 0 Å². The number of rotatable bonds is 2. The Bertz CT molecular complexity index is 948. The largest absolute Gasteiger partial charge is 0.360 e. The van der Waals surface area contributed by atoms with Crippen molar-refractivity contribution in [1.29, 1.82) is 0 Å². The van der Waals surface area contributed by atoms with Crippen LogP contribution in [0.2, 0.25) is 0 Å². The summed E-state index contributed by atoms with van der Waals surface area (Å²) in [6, 6.07) is 11.2. The summed E-state index contributed by atoms with van der Waals surface area (Å²) in [7, 11) is 0. The lowest BCUT2D eigenvalue weighted by molar-refractivity contribution is 0.102. The highest BCUT2D eigenvalue weighted by atomic mass is 16.2. The van der Waals surface area contributed by atoms with Crippen molar-refractivity contribution < 1.29 is 4.79 Å². The van der Waals surface area contributed by atoms with Gasteiger partial charge in [0.25, 0.3) is 5.91 Å². The van der Waals surface area contributed by atoms with Crippen molar-refractivity contribution in [2.75, 3.05) is 5.32 Å². The summed E-state index contributed by atoms with van der Waals surface area (Å²) in [6.45, 7) is 5.90. The van der Waals surface area contributed by atoms with Crippen LogP contribution < -0.4 is 10.7 Å². The first-order valence-electron chi connectivity index (χ1n) is 7.47. The normalized spacial score (nSPS) is 10.7. The minimum atomic E-state index is -0.396. The van der Waals surface area contributed by atoms with Gasteiger partial charge in [0.05, 0.1) is 0 Å². The molecule has 0 aliphatic carbocycles. The van der Waals surface area contributed by atoms with Crippen molar-refractivity contribution >= 4 is 22.5 Å². The number of hydrogen-bond donors (Lipinski definition) is 2. The first kappa shape index (κ1) is 15.0. The molecule has 2 N–H and O–H groups in total. The highest BCUT2D eigenvalue weighted by Crippen LogP contribution is 2.22. The van der Waals surface area contributed by atoms with Gasteiger partial charge in [0.2, 0.25) is 5.43 Å². The highest BCUT2D eigenvalue weighted by molar-refractivity contribution is 6.06.